The van der Waals surface area contributed by atoms with Crippen molar-refractivity contribution in [1.82, 2.24) is 5.06 Å². The van der Waals surface area contributed by atoms with E-state index in [1.807, 2.05) is 44.2 Å². The van der Waals surface area contributed by atoms with E-state index in [1.165, 1.54) is 0 Å². The van der Waals surface area contributed by atoms with Gasteiger partial charge in [-0.1, -0.05) is 52.8 Å². The molecule has 114 valence electrons. The van der Waals surface area contributed by atoms with Gasteiger partial charge in [-0.3, -0.25) is 4.84 Å². The molecule has 1 aliphatic rings. The third-order valence-corrected chi connectivity index (χ3v) is 4.28. The first kappa shape index (κ1) is 17.3. The molecule has 0 saturated carbocycles. The molecule has 1 aliphatic heterocycles. The third kappa shape index (κ3) is 5.00. The quantitative estimate of drug-likeness (QED) is 0.811. The molecule has 4 heteroatoms. The van der Waals surface area contributed by atoms with E-state index in [0.29, 0.717) is 5.37 Å². The first-order chi connectivity index (χ1) is 9.47. The molecule has 2 rings (SSSR count). The van der Waals surface area contributed by atoms with Crippen LogP contribution in [0.15, 0.2) is 30.3 Å². The molecule has 0 bridgehead atoms. The van der Waals surface area contributed by atoms with Gasteiger partial charge in [0.05, 0.1) is 6.10 Å². The van der Waals surface area contributed by atoms with Gasteiger partial charge in [0, 0.05) is 19.2 Å². The molecule has 1 heterocycles. The van der Waals surface area contributed by atoms with Crippen LogP contribution in [-0.4, -0.2) is 23.6 Å². The van der Waals surface area contributed by atoms with Crippen molar-refractivity contribution in [3.63, 3.8) is 0 Å². The van der Waals surface area contributed by atoms with Gasteiger partial charge in [-0.25, -0.2) is 0 Å². The molecule has 1 aromatic carbocycles. The van der Waals surface area contributed by atoms with Gasteiger partial charge in [0.1, 0.15) is 5.37 Å². The summed E-state index contributed by atoms with van der Waals surface area (Å²) in [5.74, 6) is 0. The van der Waals surface area contributed by atoms with Gasteiger partial charge < -0.3 is 4.72 Å². The summed E-state index contributed by atoms with van der Waals surface area (Å²) in [6.07, 6.45) is 1.34. The number of hydroxylamine groups is 2. The predicted octanol–water partition coefficient (Wildman–Crippen LogP) is 4.78. The zero-order chi connectivity index (χ0) is 15.2. The minimum absolute atomic E-state index is 0.191. The van der Waals surface area contributed by atoms with Crippen molar-refractivity contribution in [3.05, 3.63) is 30.3 Å². The highest BCUT2D eigenvalue weighted by atomic mass is 32.2. The van der Waals surface area contributed by atoms with Crippen LogP contribution in [0.2, 0.25) is 0 Å². The Labute approximate surface area is 128 Å². The van der Waals surface area contributed by atoms with Crippen LogP contribution in [0.3, 0.4) is 0 Å². The van der Waals surface area contributed by atoms with Crippen LogP contribution in [0, 0.1) is 5.41 Å². The fourth-order valence-corrected chi connectivity index (χ4v) is 2.80. The van der Waals surface area contributed by atoms with Crippen molar-refractivity contribution in [3.8, 4) is 0 Å². The lowest BCUT2D eigenvalue weighted by Gasteiger charge is -2.25. The summed E-state index contributed by atoms with van der Waals surface area (Å²) in [5.41, 5.74) is 1.33. The van der Waals surface area contributed by atoms with Crippen molar-refractivity contribution in [2.45, 2.75) is 52.5 Å². The Balaban J connectivity index is 0.000000956. The monoisotopic (exact) mass is 296 g/mol. The lowest BCUT2D eigenvalue weighted by atomic mass is 9.88. The van der Waals surface area contributed by atoms with E-state index >= 15 is 0 Å². The van der Waals surface area contributed by atoms with Crippen LogP contribution >= 0.6 is 11.9 Å². The van der Waals surface area contributed by atoms with Crippen LogP contribution in [0.1, 0.15) is 41.0 Å². The van der Waals surface area contributed by atoms with E-state index in [-0.39, 0.29) is 11.5 Å². The number of benzene rings is 1. The fraction of sp³-hybridized carbons (Fsp3) is 0.625. The van der Waals surface area contributed by atoms with Crippen molar-refractivity contribution in [1.29, 1.82) is 0 Å². The minimum Gasteiger partial charge on any atom is -0.328 e. The van der Waals surface area contributed by atoms with Crippen molar-refractivity contribution in [2.75, 3.05) is 11.8 Å². The maximum absolute atomic E-state index is 5.90. The molecule has 1 saturated heterocycles. The van der Waals surface area contributed by atoms with Crippen LogP contribution in [0.4, 0.5) is 5.69 Å². The van der Waals surface area contributed by atoms with Crippen LogP contribution in [-0.2, 0) is 4.84 Å². The number of nitrogens with zero attached hydrogens (tertiary/aromatic N) is 1. The second-order valence-corrected chi connectivity index (χ2v) is 6.77. The number of nitrogens with one attached hydrogen (secondary N) is 1. The maximum atomic E-state index is 5.90. The molecule has 20 heavy (non-hydrogen) atoms. The summed E-state index contributed by atoms with van der Waals surface area (Å²) in [6, 6.07) is 10.2. The molecular weight excluding hydrogens is 268 g/mol. The molecule has 1 N–H and O–H groups in total. The zero-order valence-electron chi connectivity index (χ0n) is 13.5. The molecule has 0 spiro atoms. The summed E-state index contributed by atoms with van der Waals surface area (Å²) in [5, 5.41) is 2.32. The number of anilines is 1. The third-order valence-electron chi connectivity index (χ3n) is 3.17. The molecule has 0 amide bonds. The summed E-state index contributed by atoms with van der Waals surface area (Å²) in [6.45, 7) is 10.7. The first-order valence-corrected chi connectivity index (χ1v) is 8.21. The molecule has 0 aromatic heterocycles. The normalized spacial score (nSPS) is 23.1. The maximum Gasteiger partial charge on any atom is 0.102 e. The first-order valence-electron chi connectivity index (χ1n) is 7.33. The van der Waals surface area contributed by atoms with Crippen LogP contribution < -0.4 is 4.72 Å². The van der Waals surface area contributed by atoms with Gasteiger partial charge in [0.2, 0.25) is 0 Å². The Morgan fingerprint density at radius 2 is 1.80 bits per heavy atom. The Bertz CT molecular complexity index is 378. The van der Waals surface area contributed by atoms with E-state index in [0.717, 1.165) is 12.1 Å². The second-order valence-electron chi connectivity index (χ2n) is 5.78. The topological polar surface area (TPSA) is 24.5 Å². The van der Waals surface area contributed by atoms with Crippen LogP contribution in [0.5, 0.6) is 0 Å². The van der Waals surface area contributed by atoms with Gasteiger partial charge in [0.15, 0.2) is 0 Å². The Morgan fingerprint density at radius 1 is 1.20 bits per heavy atom. The lowest BCUT2D eigenvalue weighted by molar-refractivity contribution is -0.158. The van der Waals surface area contributed by atoms with Crippen molar-refractivity contribution < 1.29 is 4.84 Å². The van der Waals surface area contributed by atoms with Gasteiger partial charge in [-0.05, 0) is 29.5 Å². The molecule has 2 atom stereocenters. The van der Waals surface area contributed by atoms with E-state index in [2.05, 4.69) is 37.6 Å². The summed E-state index contributed by atoms with van der Waals surface area (Å²) < 4.78 is 3.38. The lowest BCUT2D eigenvalue weighted by Crippen LogP contribution is -2.27. The largest absolute Gasteiger partial charge is 0.328 e. The van der Waals surface area contributed by atoms with Gasteiger partial charge in [0.25, 0.3) is 0 Å². The number of hydrogen-bond donors (Lipinski definition) is 1. The molecule has 2 unspecified atom stereocenters. The standard InChI is InChI=1S/C14H22N2OS.C2H6/c1-14(2,3)12-10-13(16(4)17-12)18-15-11-8-6-5-7-9-11;1-2/h5-9,12-13,15H,10H2,1-4H3;1-2H3. The van der Waals surface area contributed by atoms with Gasteiger partial charge >= 0.3 is 0 Å². The highest BCUT2D eigenvalue weighted by Gasteiger charge is 2.38. The van der Waals surface area contributed by atoms with Crippen molar-refractivity contribution in [2.24, 2.45) is 5.41 Å². The molecule has 1 aromatic rings. The summed E-state index contributed by atoms with van der Waals surface area (Å²) in [4.78, 5) is 5.90. The number of hydrogen-bond acceptors (Lipinski definition) is 4. The van der Waals surface area contributed by atoms with E-state index in [9.17, 15) is 0 Å². The van der Waals surface area contributed by atoms with Gasteiger partial charge in [-0.15, -0.1) is 0 Å². The van der Waals surface area contributed by atoms with E-state index in [1.54, 1.807) is 11.9 Å². The highest BCUT2D eigenvalue weighted by Crippen LogP contribution is 2.37. The summed E-state index contributed by atoms with van der Waals surface area (Å²) >= 11 is 1.72. The smallest absolute Gasteiger partial charge is 0.102 e. The number of para-hydroxylation sites is 1. The molecule has 3 nitrogen and oxygen atoms in total. The van der Waals surface area contributed by atoms with Crippen LogP contribution in [0.25, 0.3) is 0 Å². The van der Waals surface area contributed by atoms with E-state index in [4.69, 9.17) is 4.84 Å². The Kier molecular flexibility index (Phi) is 6.86. The molecular formula is C16H28N2OS. The Hall–Kier alpha value is -0.710. The highest BCUT2D eigenvalue weighted by molar-refractivity contribution is 8.01. The fourth-order valence-electron chi connectivity index (χ4n) is 1.92. The predicted molar refractivity (Wildman–Crippen MR) is 89.5 cm³/mol. The number of rotatable bonds is 3. The Morgan fingerprint density at radius 3 is 2.30 bits per heavy atom. The van der Waals surface area contributed by atoms with E-state index < -0.39 is 0 Å². The molecule has 0 radical (unpaired) electrons. The second kappa shape index (κ2) is 7.91. The zero-order valence-corrected chi connectivity index (χ0v) is 14.3. The molecule has 1 fully saturated rings. The van der Waals surface area contributed by atoms with Crippen molar-refractivity contribution >= 4 is 17.6 Å². The SMILES string of the molecule is CC.CN1OC(C(C)(C)C)CC1SNc1ccccc1. The molecule has 0 aliphatic carbocycles. The average molecular weight is 296 g/mol. The minimum atomic E-state index is 0.191. The average Bonchev–Trinajstić information content (AvgIpc) is 2.81. The van der Waals surface area contributed by atoms with Gasteiger partial charge in [-0.2, -0.15) is 5.06 Å². The summed E-state index contributed by atoms with van der Waals surface area (Å²) in [7, 11) is 2.01.